The molecule has 0 spiro atoms. The molecule has 0 saturated heterocycles. The minimum absolute atomic E-state index is 0.0340. The number of nitrogens with zero attached hydrogens (tertiary/aromatic N) is 2. The summed E-state index contributed by atoms with van der Waals surface area (Å²) in [5.41, 5.74) is 1.21. The Kier molecular flexibility index (Phi) is 5.80. The lowest BCUT2D eigenvalue weighted by atomic mass is 10.1. The molecule has 0 atom stereocenters. The van der Waals surface area contributed by atoms with Crippen LogP contribution in [0.2, 0.25) is 0 Å². The largest absolute Gasteiger partial charge is 0.358 e. The van der Waals surface area contributed by atoms with E-state index in [2.05, 4.69) is 10.6 Å². The summed E-state index contributed by atoms with van der Waals surface area (Å²) in [5, 5.41) is 23.0. The van der Waals surface area contributed by atoms with Gasteiger partial charge in [-0.25, -0.2) is 0 Å². The second kappa shape index (κ2) is 7.60. The van der Waals surface area contributed by atoms with Crippen LogP contribution in [0.25, 0.3) is 0 Å². The van der Waals surface area contributed by atoms with Gasteiger partial charge in [-0.05, 0) is 18.1 Å². The molecule has 5 heteroatoms. The van der Waals surface area contributed by atoms with E-state index in [0.717, 1.165) is 0 Å². The zero-order chi connectivity index (χ0) is 15.0. The number of para-hydroxylation sites is 2. The number of rotatable bonds is 5. The number of hydrogen-bond acceptors (Lipinski definition) is 4. The lowest BCUT2D eigenvalue weighted by Crippen LogP contribution is -2.14. The molecule has 0 saturated carbocycles. The zero-order valence-electron chi connectivity index (χ0n) is 11.5. The lowest BCUT2D eigenvalue weighted by molar-refractivity contribution is -0.116. The molecule has 0 bridgehead atoms. The van der Waals surface area contributed by atoms with Gasteiger partial charge in [-0.3, -0.25) is 4.79 Å². The van der Waals surface area contributed by atoms with Crippen molar-refractivity contribution < 1.29 is 4.79 Å². The Labute approximate surface area is 118 Å². The van der Waals surface area contributed by atoms with Crippen LogP contribution < -0.4 is 10.6 Å². The van der Waals surface area contributed by atoms with E-state index in [1.165, 1.54) is 6.20 Å². The SMILES string of the molecule is CC(C)CC(=O)Nc1ccccc1NC=C(C#N)C#N. The van der Waals surface area contributed by atoms with Crippen LogP contribution >= 0.6 is 0 Å². The Morgan fingerprint density at radius 2 is 1.85 bits per heavy atom. The van der Waals surface area contributed by atoms with E-state index in [1.54, 1.807) is 36.4 Å². The van der Waals surface area contributed by atoms with Gasteiger partial charge in [-0.15, -0.1) is 0 Å². The molecule has 0 radical (unpaired) electrons. The normalized spacial score (nSPS) is 9.25. The molecule has 1 amide bonds. The number of amides is 1. The molecular formula is C15H16N4O. The van der Waals surface area contributed by atoms with Crippen molar-refractivity contribution in [2.75, 3.05) is 10.6 Å². The first-order valence-corrected chi connectivity index (χ1v) is 6.22. The number of anilines is 2. The summed E-state index contributed by atoms with van der Waals surface area (Å²) in [6.45, 7) is 3.94. The lowest BCUT2D eigenvalue weighted by Gasteiger charge is -2.11. The monoisotopic (exact) mass is 268 g/mol. The Morgan fingerprint density at radius 1 is 1.25 bits per heavy atom. The van der Waals surface area contributed by atoms with Gasteiger partial charge in [-0.2, -0.15) is 10.5 Å². The fourth-order valence-corrected chi connectivity index (χ4v) is 1.53. The van der Waals surface area contributed by atoms with Gasteiger partial charge in [0.05, 0.1) is 11.4 Å². The topological polar surface area (TPSA) is 88.7 Å². The van der Waals surface area contributed by atoms with Gasteiger partial charge in [0.15, 0.2) is 0 Å². The summed E-state index contributed by atoms with van der Waals surface area (Å²) in [7, 11) is 0. The molecule has 0 aromatic heterocycles. The van der Waals surface area contributed by atoms with Gasteiger partial charge in [0.25, 0.3) is 0 Å². The van der Waals surface area contributed by atoms with E-state index in [1.807, 2.05) is 13.8 Å². The van der Waals surface area contributed by atoms with Gasteiger partial charge >= 0.3 is 0 Å². The van der Waals surface area contributed by atoms with E-state index < -0.39 is 0 Å². The predicted octanol–water partition coefficient (Wildman–Crippen LogP) is 3.01. The average molecular weight is 268 g/mol. The van der Waals surface area contributed by atoms with Crippen LogP contribution in [0.3, 0.4) is 0 Å². The highest BCUT2D eigenvalue weighted by Crippen LogP contribution is 2.21. The van der Waals surface area contributed by atoms with Gasteiger partial charge in [0, 0.05) is 12.6 Å². The minimum Gasteiger partial charge on any atom is -0.358 e. The first-order valence-electron chi connectivity index (χ1n) is 6.22. The van der Waals surface area contributed by atoms with Crippen molar-refractivity contribution in [3.8, 4) is 12.1 Å². The molecule has 0 fully saturated rings. The smallest absolute Gasteiger partial charge is 0.224 e. The molecular weight excluding hydrogens is 252 g/mol. The van der Waals surface area contributed by atoms with Crippen LogP contribution in [0.4, 0.5) is 11.4 Å². The summed E-state index contributed by atoms with van der Waals surface area (Å²) in [4.78, 5) is 11.8. The maximum absolute atomic E-state index is 11.8. The van der Waals surface area contributed by atoms with Crippen LogP contribution in [-0.2, 0) is 4.79 Å². The molecule has 20 heavy (non-hydrogen) atoms. The molecule has 0 aliphatic rings. The number of nitrogens with one attached hydrogen (secondary N) is 2. The summed E-state index contributed by atoms with van der Waals surface area (Å²) < 4.78 is 0. The van der Waals surface area contributed by atoms with Crippen molar-refractivity contribution in [3.63, 3.8) is 0 Å². The Hall–Kier alpha value is -2.79. The molecule has 0 unspecified atom stereocenters. The second-order valence-electron chi connectivity index (χ2n) is 4.62. The maximum Gasteiger partial charge on any atom is 0.224 e. The van der Waals surface area contributed by atoms with Crippen molar-refractivity contribution in [1.29, 1.82) is 10.5 Å². The fraction of sp³-hybridized carbons (Fsp3) is 0.267. The van der Waals surface area contributed by atoms with Gasteiger partial charge in [0.1, 0.15) is 17.7 Å². The highest BCUT2D eigenvalue weighted by Gasteiger charge is 2.07. The van der Waals surface area contributed by atoms with Crippen molar-refractivity contribution in [1.82, 2.24) is 0 Å². The third-order valence-corrected chi connectivity index (χ3v) is 2.41. The standard InChI is InChI=1S/C15H16N4O/c1-11(2)7-15(20)19-14-6-4-3-5-13(14)18-10-12(8-16)9-17/h3-6,10-11,18H,7H2,1-2H3,(H,19,20). The highest BCUT2D eigenvalue weighted by atomic mass is 16.1. The third-order valence-electron chi connectivity index (χ3n) is 2.41. The second-order valence-corrected chi connectivity index (χ2v) is 4.62. The molecule has 5 nitrogen and oxygen atoms in total. The van der Waals surface area contributed by atoms with E-state index in [0.29, 0.717) is 17.8 Å². The molecule has 0 heterocycles. The van der Waals surface area contributed by atoms with Crippen LogP contribution in [0, 0.1) is 28.6 Å². The molecule has 0 aliphatic carbocycles. The molecule has 0 aliphatic heterocycles. The van der Waals surface area contributed by atoms with Gasteiger partial charge < -0.3 is 10.6 Å². The summed E-state index contributed by atoms with van der Waals surface area (Å²) in [5.74, 6) is 0.206. The molecule has 102 valence electrons. The summed E-state index contributed by atoms with van der Waals surface area (Å²) in [6.07, 6.45) is 1.75. The number of carbonyl (C=O) groups is 1. The Bertz CT molecular complexity index is 575. The van der Waals surface area contributed by atoms with Crippen LogP contribution in [0.5, 0.6) is 0 Å². The van der Waals surface area contributed by atoms with Crippen molar-refractivity contribution >= 4 is 17.3 Å². The summed E-state index contributed by atoms with van der Waals surface area (Å²) in [6, 6.07) is 10.6. The third kappa shape index (κ3) is 4.83. The number of hydrogen-bond donors (Lipinski definition) is 2. The molecule has 1 aromatic rings. The van der Waals surface area contributed by atoms with Crippen molar-refractivity contribution in [2.24, 2.45) is 5.92 Å². The Morgan fingerprint density at radius 3 is 2.40 bits per heavy atom. The first kappa shape index (κ1) is 15.3. The number of carbonyl (C=O) groups excluding carboxylic acids is 1. The van der Waals surface area contributed by atoms with E-state index in [9.17, 15) is 4.79 Å². The maximum atomic E-state index is 11.8. The van der Waals surface area contributed by atoms with Crippen molar-refractivity contribution in [3.05, 3.63) is 36.0 Å². The molecule has 1 aromatic carbocycles. The molecule has 1 rings (SSSR count). The van der Waals surface area contributed by atoms with Gasteiger partial charge in [0.2, 0.25) is 5.91 Å². The predicted molar refractivity (Wildman–Crippen MR) is 77.5 cm³/mol. The van der Waals surface area contributed by atoms with E-state index >= 15 is 0 Å². The quantitative estimate of drug-likeness (QED) is 0.803. The number of nitriles is 2. The average Bonchev–Trinajstić information content (AvgIpc) is 2.40. The fourth-order valence-electron chi connectivity index (χ4n) is 1.53. The first-order chi connectivity index (χ1) is 9.56. The highest BCUT2D eigenvalue weighted by molar-refractivity contribution is 5.94. The zero-order valence-corrected chi connectivity index (χ0v) is 11.5. The number of benzene rings is 1. The van der Waals surface area contributed by atoms with Crippen LogP contribution in [0.1, 0.15) is 20.3 Å². The Balaban J connectivity index is 2.84. The summed E-state index contributed by atoms with van der Waals surface area (Å²) >= 11 is 0. The van der Waals surface area contributed by atoms with Gasteiger partial charge in [-0.1, -0.05) is 26.0 Å². The number of allylic oxidation sites excluding steroid dienone is 1. The van der Waals surface area contributed by atoms with E-state index in [-0.39, 0.29) is 17.4 Å². The van der Waals surface area contributed by atoms with Crippen LogP contribution in [-0.4, -0.2) is 5.91 Å². The van der Waals surface area contributed by atoms with Crippen molar-refractivity contribution in [2.45, 2.75) is 20.3 Å². The minimum atomic E-state index is -0.0704. The molecule has 2 N–H and O–H groups in total. The van der Waals surface area contributed by atoms with E-state index in [4.69, 9.17) is 10.5 Å². The van der Waals surface area contributed by atoms with Crippen LogP contribution in [0.15, 0.2) is 36.0 Å².